The molecule has 0 spiro atoms. The Morgan fingerprint density at radius 1 is 1.36 bits per heavy atom. The van der Waals surface area contributed by atoms with Gasteiger partial charge in [-0.05, 0) is 46.7 Å². The van der Waals surface area contributed by atoms with E-state index in [0.717, 1.165) is 15.6 Å². The van der Waals surface area contributed by atoms with E-state index in [4.69, 9.17) is 18.0 Å². The number of thiophene rings is 1. The zero-order chi connectivity index (χ0) is 15.5. The lowest BCUT2D eigenvalue weighted by atomic mass is 10.2. The molecule has 3 nitrogen and oxygen atoms in total. The van der Waals surface area contributed by atoms with Gasteiger partial charge in [0.15, 0.2) is 0 Å². The second-order valence-corrected chi connectivity index (χ2v) is 6.01. The van der Waals surface area contributed by atoms with Gasteiger partial charge in [0.2, 0.25) is 0 Å². The van der Waals surface area contributed by atoms with Crippen LogP contribution in [0.15, 0.2) is 41.9 Å². The number of rotatable bonds is 3. The number of aromatic nitrogens is 1. The number of benzene rings is 1. The third-order valence-electron chi connectivity index (χ3n) is 3.22. The van der Waals surface area contributed by atoms with E-state index in [-0.39, 0.29) is 5.91 Å². The molecule has 0 radical (unpaired) electrons. The van der Waals surface area contributed by atoms with E-state index < -0.39 is 0 Å². The summed E-state index contributed by atoms with van der Waals surface area (Å²) >= 11 is 7.65. The molecule has 108 valence electrons. The largest absolute Gasteiger partial charge is 0.347 e. The van der Waals surface area contributed by atoms with Gasteiger partial charge in [0, 0.05) is 28.0 Å². The smallest absolute Gasteiger partial charge is 0.270 e. The zero-order valence-corrected chi connectivity index (χ0v) is 13.0. The molecule has 2 heterocycles. The average Bonchev–Trinajstić information content (AvgIpc) is 2.95. The van der Waals surface area contributed by atoms with Crippen molar-refractivity contribution in [2.24, 2.45) is 0 Å². The Bertz CT molecular complexity index is 878. The minimum Gasteiger partial charge on any atom is -0.347 e. The fourth-order valence-corrected chi connectivity index (χ4v) is 3.19. The molecule has 0 aliphatic carbocycles. The van der Waals surface area contributed by atoms with Gasteiger partial charge < -0.3 is 5.32 Å². The van der Waals surface area contributed by atoms with Crippen LogP contribution in [-0.4, -0.2) is 10.9 Å². The molecule has 0 atom stereocenters. The minimum atomic E-state index is -0.232. The first-order chi connectivity index (χ1) is 10.7. The van der Waals surface area contributed by atoms with Crippen LogP contribution in [0.3, 0.4) is 0 Å². The van der Waals surface area contributed by atoms with Crippen LogP contribution in [0.25, 0.3) is 10.1 Å². The molecule has 0 fully saturated rings. The number of amides is 1. The van der Waals surface area contributed by atoms with Crippen molar-refractivity contribution in [2.75, 3.05) is 0 Å². The van der Waals surface area contributed by atoms with Gasteiger partial charge in [-0.15, -0.1) is 17.8 Å². The number of pyridine rings is 1. The fraction of sp³-hybridized carbons (Fsp3) is 0.0588. The van der Waals surface area contributed by atoms with Crippen molar-refractivity contribution >= 4 is 38.9 Å². The molecule has 0 bridgehead atoms. The maximum atomic E-state index is 12.1. The molecule has 1 amide bonds. The Labute approximate surface area is 137 Å². The van der Waals surface area contributed by atoms with Gasteiger partial charge in [-0.3, -0.25) is 4.79 Å². The summed E-state index contributed by atoms with van der Waals surface area (Å²) in [6.45, 7) is 0.428. The van der Waals surface area contributed by atoms with Crippen LogP contribution in [0.2, 0.25) is 5.02 Å². The molecular weight excluding hydrogens is 316 g/mol. The van der Waals surface area contributed by atoms with Gasteiger partial charge in [0.1, 0.15) is 5.69 Å². The Morgan fingerprint density at radius 3 is 2.95 bits per heavy atom. The van der Waals surface area contributed by atoms with Gasteiger partial charge in [-0.25, -0.2) is 4.98 Å². The lowest BCUT2D eigenvalue weighted by Crippen LogP contribution is -2.23. The van der Waals surface area contributed by atoms with Crippen molar-refractivity contribution in [3.63, 3.8) is 0 Å². The lowest BCUT2D eigenvalue weighted by molar-refractivity contribution is 0.0946. The summed E-state index contributed by atoms with van der Waals surface area (Å²) in [5.41, 5.74) is 2.03. The topological polar surface area (TPSA) is 42.0 Å². The van der Waals surface area contributed by atoms with Gasteiger partial charge >= 0.3 is 0 Å². The van der Waals surface area contributed by atoms with Crippen molar-refractivity contribution in [1.82, 2.24) is 10.3 Å². The van der Waals surface area contributed by atoms with Crippen LogP contribution >= 0.6 is 22.9 Å². The van der Waals surface area contributed by atoms with Gasteiger partial charge in [-0.1, -0.05) is 17.5 Å². The number of fused-ring (bicyclic) bond motifs is 1. The first-order valence-electron chi connectivity index (χ1n) is 6.54. The van der Waals surface area contributed by atoms with Crippen LogP contribution < -0.4 is 5.32 Å². The standard InChI is InChI=1S/C17H11ClN2OS/c1-2-11-3-5-15(19-8-11)17(21)20-9-12-10-22-16-6-4-13(18)7-14(12)16/h1,3-8,10H,9H2,(H,20,21). The molecule has 0 saturated heterocycles. The van der Waals surface area contributed by atoms with E-state index >= 15 is 0 Å². The summed E-state index contributed by atoms with van der Waals surface area (Å²) in [7, 11) is 0. The first kappa shape index (κ1) is 14.6. The number of carbonyl (C=O) groups excluding carboxylic acids is 1. The number of terminal acetylenes is 1. The average molecular weight is 327 g/mol. The van der Waals surface area contributed by atoms with E-state index in [2.05, 4.69) is 16.2 Å². The normalized spacial score (nSPS) is 10.4. The van der Waals surface area contributed by atoms with Crippen molar-refractivity contribution in [2.45, 2.75) is 6.54 Å². The summed E-state index contributed by atoms with van der Waals surface area (Å²) in [5.74, 6) is 2.24. The number of hydrogen-bond acceptors (Lipinski definition) is 3. The highest BCUT2D eigenvalue weighted by Gasteiger charge is 2.09. The second kappa shape index (κ2) is 6.18. The summed E-state index contributed by atoms with van der Waals surface area (Å²) in [6.07, 6.45) is 6.77. The minimum absolute atomic E-state index is 0.232. The van der Waals surface area contributed by atoms with Gasteiger partial charge in [0.25, 0.3) is 5.91 Å². The fourth-order valence-electron chi connectivity index (χ4n) is 2.07. The molecular formula is C17H11ClN2OS. The van der Waals surface area contributed by atoms with E-state index in [1.165, 1.54) is 6.20 Å². The van der Waals surface area contributed by atoms with E-state index in [1.807, 2.05) is 23.6 Å². The molecule has 0 saturated carbocycles. The monoisotopic (exact) mass is 326 g/mol. The molecule has 0 unspecified atom stereocenters. The Kier molecular flexibility index (Phi) is 4.10. The Hall–Kier alpha value is -2.35. The maximum Gasteiger partial charge on any atom is 0.270 e. The molecule has 1 N–H and O–H groups in total. The highest BCUT2D eigenvalue weighted by atomic mass is 35.5. The maximum absolute atomic E-state index is 12.1. The Morgan fingerprint density at radius 2 is 2.23 bits per heavy atom. The van der Waals surface area contributed by atoms with Crippen LogP contribution in [0.1, 0.15) is 21.6 Å². The summed E-state index contributed by atoms with van der Waals surface area (Å²) < 4.78 is 1.14. The van der Waals surface area contributed by atoms with Crippen molar-refractivity contribution in [3.8, 4) is 12.3 Å². The highest BCUT2D eigenvalue weighted by molar-refractivity contribution is 7.17. The molecule has 0 aliphatic heterocycles. The van der Waals surface area contributed by atoms with Crippen LogP contribution in [0, 0.1) is 12.3 Å². The molecule has 3 aromatic rings. The van der Waals surface area contributed by atoms with Crippen LogP contribution in [0.5, 0.6) is 0 Å². The third kappa shape index (κ3) is 2.96. The zero-order valence-electron chi connectivity index (χ0n) is 11.5. The lowest BCUT2D eigenvalue weighted by Gasteiger charge is -2.04. The van der Waals surface area contributed by atoms with E-state index in [1.54, 1.807) is 23.5 Å². The Balaban J connectivity index is 1.74. The van der Waals surface area contributed by atoms with Gasteiger partial charge in [0.05, 0.1) is 0 Å². The molecule has 5 heteroatoms. The summed E-state index contributed by atoms with van der Waals surface area (Å²) in [4.78, 5) is 16.1. The molecule has 0 aliphatic rings. The predicted molar refractivity (Wildman–Crippen MR) is 90.2 cm³/mol. The molecule has 1 aromatic carbocycles. The van der Waals surface area contributed by atoms with E-state index in [9.17, 15) is 4.79 Å². The molecule has 22 heavy (non-hydrogen) atoms. The van der Waals surface area contributed by atoms with Crippen molar-refractivity contribution in [3.05, 3.63) is 63.8 Å². The van der Waals surface area contributed by atoms with Crippen molar-refractivity contribution in [1.29, 1.82) is 0 Å². The van der Waals surface area contributed by atoms with Gasteiger partial charge in [-0.2, -0.15) is 0 Å². The second-order valence-electron chi connectivity index (χ2n) is 4.66. The molecule has 2 aromatic heterocycles. The highest BCUT2D eigenvalue weighted by Crippen LogP contribution is 2.28. The number of nitrogens with zero attached hydrogens (tertiary/aromatic N) is 1. The summed E-state index contributed by atoms with van der Waals surface area (Å²) in [5, 5.41) is 6.63. The first-order valence-corrected chi connectivity index (χ1v) is 7.79. The molecule has 3 rings (SSSR count). The predicted octanol–water partition coefficient (Wildman–Crippen LogP) is 3.86. The van der Waals surface area contributed by atoms with Crippen LogP contribution in [0.4, 0.5) is 0 Å². The van der Waals surface area contributed by atoms with Crippen molar-refractivity contribution < 1.29 is 4.79 Å². The SMILES string of the molecule is C#Cc1ccc(C(=O)NCc2csc3ccc(Cl)cc23)nc1. The van der Waals surface area contributed by atoms with Crippen LogP contribution in [-0.2, 0) is 6.54 Å². The number of nitrogens with one attached hydrogen (secondary N) is 1. The number of hydrogen-bond donors (Lipinski definition) is 1. The quantitative estimate of drug-likeness (QED) is 0.743. The third-order valence-corrected chi connectivity index (χ3v) is 4.47. The van der Waals surface area contributed by atoms with E-state index in [0.29, 0.717) is 22.8 Å². The number of halogens is 1. The summed E-state index contributed by atoms with van der Waals surface area (Å²) in [6, 6.07) is 9.07. The number of carbonyl (C=O) groups is 1.